The standard InChI is InChI=1S/C13H16N2O4/c14-12(16)10-4-2-1-3-9(10)7-15-5-6-19-11(8-15)13(17)18/h1-4,11H,5-8H2,(H2,14,16)(H,17,18). The number of rotatable bonds is 4. The van der Waals surface area contributed by atoms with Crippen molar-refractivity contribution in [2.24, 2.45) is 5.73 Å². The number of nitrogens with zero attached hydrogens (tertiary/aromatic N) is 1. The molecule has 0 spiro atoms. The van der Waals surface area contributed by atoms with Gasteiger partial charge in [-0.2, -0.15) is 0 Å². The number of benzene rings is 1. The zero-order chi connectivity index (χ0) is 13.8. The molecule has 6 nitrogen and oxygen atoms in total. The van der Waals surface area contributed by atoms with Crippen LogP contribution in [0.1, 0.15) is 15.9 Å². The SMILES string of the molecule is NC(=O)c1ccccc1CN1CCOC(C(=O)O)C1. The lowest BCUT2D eigenvalue weighted by Gasteiger charge is -2.31. The van der Waals surface area contributed by atoms with Crippen LogP contribution in [0.4, 0.5) is 0 Å². The molecule has 1 heterocycles. The minimum absolute atomic E-state index is 0.308. The summed E-state index contributed by atoms with van der Waals surface area (Å²) in [5, 5.41) is 8.94. The van der Waals surface area contributed by atoms with Crippen LogP contribution in [0.3, 0.4) is 0 Å². The van der Waals surface area contributed by atoms with Gasteiger partial charge >= 0.3 is 5.97 Å². The molecule has 1 aromatic rings. The third kappa shape index (κ3) is 3.30. The van der Waals surface area contributed by atoms with Crippen molar-refractivity contribution in [3.63, 3.8) is 0 Å². The number of amides is 1. The first kappa shape index (κ1) is 13.5. The van der Waals surface area contributed by atoms with Crippen LogP contribution in [0.15, 0.2) is 24.3 Å². The van der Waals surface area contributed by atoms with Crippen LogP contribution < -0.4 is 5.73 Å². The molecule has 2 rings (SSSR count). The van der Waals surface area contributed by atoms with E-state index >= 15 is 0 Å². The fraction of sp³-hybridized carbons (Fsp3) is 0.385. The van der Waals surface area contributed by atoms with E-state index < -0.39 is 18.0 Å². The zero-order valence-corrected chi connectivity index (χ0v) is 10.4. The molecule has 19 heavy (non-hydrogen) atoms. The van der Waals surface area contributed by atoms with E-state index in [1.165, 1.54) is 0 Å². The lowest BCUT2D eigenvalue weighted by molar-refractivity contribution is -0.156. The molecule has 0 bridgehead atoms. The Bertz CT molecular complexity index is 489. The lowest BCUT2D eigenvalue weighted by Crippen LogP contribution is -2.45. The van der Waals surface area contributed by atoms with Crippen molar-refractivity contribution in [1.29, 1.82) is 0 Å². The maximum atomic E-state index is 11.3. The van der Waals surface area contributed by atoms with Gasteiger partial charge in [-0.25, -0.2) is 4.79 Å². The summed E-state index contributed by atoms with van der Waals surface area (Å²) in [6, 6.07) is 7.08. The molecule has 1 fully saturated rings. The second kappa shape index (κ2) is 5.81. The van der Waals surface area contributed by atoms with Gasteiger partial charge in [0.1, 0.15) is 0 Å². The van der Waals surface area contributed by atoms with Gasteiger partial charge < -0.3 is 15.6 Å². The summed E-state index contributed by atoms with van der Waals surface area (Å²) in [5.41, 5.74) is 6.60. The average Bonchev–Trinajstić information content (AvgIpc) is 2.39. The van der Waals surface area contributed by atoms with Crippen LogP contribution in [0.25, 0.3) is 0 Å². The highest BCUT2D eigenvalue weighted by atomic mass is 16.5. The molecule has 1 atom stereocenters. The molecule has 1 amide bonds. The van der Waals surface area contributed by atoms with Crippen molar-refractivity contribution in [3.05, 3.63) is 35.4 Å². The molecule has 1 aliphatic rings. The normalized spacial score (nSPS) is 20.1. The van der Waals surface area contributed by atoms with Crippen molar-refractivity contribution in [1.82, 2.24) is 4.90 Å². The minimum Gasteiger partial charge on any atom is -0.479 e. The van der Waals surface area contributed by atoms with Crippen LogP contribution in [0.2, 0.25) is 0 Å². The Morgan fingerprint density at radius 2 is 2.16 bits per heavy atom. The second-order valence-electron chi connectivity index (χ2n) is 4.45. The van der Waals surface area contributed by atoms with E-state index in [9.17, 15) is 9.59 Å². The van der Waals surface area contributed by atoms with E-state index in [1.807, 2.05) is 17.0 Å². The maximum Gasteiger partial charge on any atom is 0.334 e. The van der Waals surface area contributed by atoms with E-state index in [0.29, 0.717) is 31.8 Å². The predicted octanol–water partition coefficient (Wildman–Crippen LogP) is 0.0709. The number of carboxylic acids is 1. The van der Waals surface area contributed by atoms with Crippen LogP contribution >= 0.6 is 0 Å². The van der Waals surface area contributed by atoms with Gasteiger partial charge in [0.25, 0.3) is 0 Å². The Morgan fingerprint density at radius 1 is 1.42 bits per heavy atom. The summed E-state index contributed by atoms with van der Waals surface area (Å²) in [7, 11) is 0. The number of carbonyl (C=O) groups is 2. The number of primary amides is 1. The van der Waals surface area contributed by atoms with Gasteiger partial charge in [0.15, 0.2) is 6.10 Å². The average molecular weight is 264 g/mol. The zero-order valence-electron chi connectivity index (χ0n) is 10.4. The number of hydrogen-bond acceptors (Lipinski definition) is 4. The number of ether oxygens (including phenoxy) is 1. The van der Waals surface area contributed by atoms with Crippen molar-refractivity contribution in [2.45, 2.75) is 12.6 Å². The fourth-order valence-corrected chi connectivity index (χ4v) is 2.14. The Morgan fingerprint density at radius 3 is 2.84 bits per heavy atom. The Kier molecular flexibility index (Phi) is 4.13. The molecular formula is C13H16N2O4. The highest BCUT2D eigenvalue weighted by Gasteiger charge is 2.26. The van der Waals surface area contributed by atoms with E-state index in [2.05, 4.69) is 0 Å². The summed E-state index contributed by atoms with van der Waals surface area (Å²) in [4.78, 5) is 24.2. The third-order valence-corrected chi connectivity index (χ3v) is 3.10. The Labute approximate surface area is 110 Å². The van der Waals surface area contributed by atoms with Gasteiger partial charge in [0, 0.05) is 25.2 Å². The highest BCUT2D eigenvalue weighted by Crippen LogP contribution is 2.14. The van der Waals surface area contributed by atoms with E-state index in [4.69, 9.17) is 15.6 Å². The number of morpholine rings is 1. The van der Waals surface area contributed by atoms with Gasteiger partial charge in [-0.05, 0) is 11.6 Å². The van der Waals surface area contributed by atoms with Crippen molar-refractivity contribution in [2.75, 3.05) is 19.7 Å². The van der Waals surface area contributed by atoms with Crippen LogP contribution in [0, 0.1) is 0 Å². The number of nitrogens with two attached hydrogens (primary N) is 1. The number of carbonyl (C=O) groups excluding carboxylic acids is 1. The Balaban J connectivity index is 2.09. The lowest BCUT2D eigenvalue weighted by atomic mass is 10.1. The molecule has 0 aromatic heterocycles. The smallest absolute Gasteiger partial charge is 0.334 e. The van der Waals surface area contributed by atoms with Crippen LogP contribution in [0.5, 0.6) is 0 Å². The summed E-state index contributed by atoms with van der Waals surface area (Å²) in [6.45, 7) is 1.81. The predicted molar refractivity (Wildman–Crippen MR) is 67.6 cm³/mol. The first-order valence-electron chi connectivity index (χ1n) is 6.02. The van der Waals surface area contributed by atoms with E-state index in [1.54, 1.807) is 12.1 Å². The summed E-state index contributed by atoms with van der Waals surface area (Å²) < 4.78 is 5.15. The molecule has 1 unspecified atom stereocenters. The first-order valence-corrected chi connectivity index (χ1v) is 6.02. The largest absolute Gasteiger partial charge is 0.479 e. The molecule has 0 aliphatic carbocycles. The fourth-order valence-electron chi connectivity index (χ4n) is 2.14. The summed E-state index contributed by atoms with van der Waals surface area (Å²) in [5.74, 6) is -1.44. The molecule has 1 aromatic carbocycles. The van der Waals surface area contributed by atoms with Gasteiger partial charge in [0.05, 0.1) is 6.61 Å². The topological polar surface area (TPSA) is 92.9 Å². The number of hydrogen-bond donors (Lipinski definition) is 2. The molecule has 1 aliphatic heterocycles. The maximum absolute atomic E-state index is 11.3. The third-order valence-electron chi connectivity index (χ3n) is 3.10. The molecule has 0 saturated carbocycles. The van der Waals surface area contributed by atoms with Gasteiger partial charge in [-0.3, -0.25) is 9.69 Å². The van der Waals surface area contributed by atoms with Crippen LogP contribution in [-0.4, -0.2) is 47.7 Å². The summed E-state index contributed by atoms with van der Waals surface area (Å²) in [6.07, 6.45) is -0.811. The molecule has 1 saturated heterocycles. The van der Waals surface area contributed by atoms with Gasteiger partial charge in [0.2, 0.25) is 5.91 Å². The van der Waals surface area contributed by atoms with Gasteiger partial charge in [-0.1, -0.05) is 18.2 Å². The monoisotopic (exact) mass is 264 g/mol. The van der Waals surface area contributed by atoms with Crippen molar-refractivity contribution < 1.29 is 19.4 Å². The Hall–Kier alpha value is -1.92. The van der Waals surface area contributed by atoms with Crippen molar-refractivity contribution >= 4 is 11.9 Å². The van der Waals surface area contributed by atoms with E-state index in [-0.39, 0.29) is 0 Å². The highest BCUT2D eigenvalue weighted by molar-refractivity contribution is 5.94. The van der Waals surface area contributed by atoms with Crippen LogP contribution in [-0.2, 0) is 16.1 Å². The molecule has 102 valence electrons. The molecule has 6 heteroatoms. The van der Waals surface area contributed by atoms with Crippen molar-refractivity contribution in [3.8, 4) is 0 Å². The second-order valence-corrected chi connectivity index (χ2v) is 4.45. The molecule has 0 radical (unpaired) electrons. The number of aliphatic carboxylic acids is 1. The first-order chi connectivity index (χ1) is 9.08. The number of carboxylic acid groups (broad SMARTS) is 1. The van der Waals surface area contributed by atoms with Gasteiger partial charge in [-0.15, -0.1) is 0 Å². The quantitative estimate of drug-likeness (QED) is 0.802. The molecule has 3 N–H and O–H groups in total. The minimum atomic E-state index is -0.965. The van der Waals surface area contributed by atoms with E-state index in [0.717, 1.165) is 5.56 Å². The molecular weight excluding hydrogens is 248 g/mol. The summed E-state index contributed by atoms with van der Waals surface area (Å²) >= 11 is 0.